The summed E-state index contributed by atoms with van der Waals surface area (Å²) in [5.41, 5.74) is -0.445. The molecule has 3 N–H and O–H groups in total. The molecular formula is C16H22Cl2FN5O2S2. The number of sulfonamides is 1. The minimum Gasteiger partial charge on any atom is -0.318 e. The van der Waals surface area contributed by atoms with Crippen LogP contribution >= 0.6 is 34.5 Å². The fraction of sp³-hybridized carbons (Fsp3) is 0.438. The summed E-state index contributed by atoms with van der Waals surface area (Å²) in [6, 6.07) is 7.70. The maximum Gasteiger partial charge on any atom is 0.257 e. The Bertz CT molecular complexity index is 825. The summed E-state index contributed by atoms with van der Waals surface area (Å²) in [5, 5.41) is 6.99. The van der Waals surface area contributed by atoms with Crippen molar-refractivity contribution in [2.45, 2.75) is 29.5 Å². The van der Waals surface area contributed by atoms with Gasteiger partial charge in [-0.2, -0.15) is 0 Å². The number of nitrogens with one attached hydrogen (secondary N) is 3. The number of rotatable bonds is 12. The van der Waals surface area contributed by atoms with Gasteiger partial charge in [0, 0.05) is 19.5 Å². The molecule has 0 aliphatic rings. The summed E-state index contributed by atoms with van der Waals surface area (Å²) >= 11 is 13.0. The van der Waals surface area contributed by atoms with Crippen LogP contribution in [0.3, 0.4) is 0 Å². The fourth-order valence-corrected chi connectivity index (χ4v) is 4.50. The van der Waals surface area contributed by atoms with E-state index < -0.39 is 21.8 Å². The number of anilines is 1. The number of benzene rings is 1. The minimum atomic E-state index is -4.00. The molecule has 0 saturated heterocycles. The molecule has 2 aromatic rings. The standard InChI is InChI=1S/C16H22Cl2FN5O2S2/c1-20-9-10-21-13(17)7-8-15(19)24(16-22-11-14(18)27-16)23-28(25,26)12-5-3-2-4-6-12/h2-6,11,13,15,20-21,23H,7-10H2,1H3. The predicted molar refractivity (Wildman–Crippen MR) is 112 cm³/mol. The van der Waals surface area contributed by atoms with Crippen molar-refractivity contribution in [3.8, 4) is 0 Å². The monoisotopic (exact) mass is 469 g/mol. The van der Waals surface area contributed by atoms with Gasteiger partial charge in [-0.1, -0.05) is 41.1 Å². The molecule has 12 heteroatoms. The maximum absolute atomic E-state index is 15.0. The molecule has 156 valence electrons. The van der Waals surface area contributed by atoms with Crippen LogP contribution in [0.4, 0.5) is 9.52 Å². The maximum atomic E-state index is 15.0. The van der Waals surface area contributed by atoms with Crippen molar-refractivity contribution in [1.29, 1.82) is 0 Å². The van der Waals surface area contributed by atoms with Gasteiger partial charge in [-0.25, -0.2) is 22.8 Å². The second-order valence-corrected chi connectivity index (χ2v) is 9.59. The van der Waals surface area contributed by atoms with Crippen molar-refractivity contribution in [1.82, 2.24) is 20.4 Å². The molecule has 0 fully saturated rings. The van der Waals surface area contributed by atoms with Crippen molar-refractivity contribution in [3.05, 3.63) is 40.9 Å². The van der Waals surface area contributed by atoms with Crippen LogP contribution in [0.25, 0.3) is 0 Å². The van der Waals surface area contributed by atoms with E-state index in [0.717, 1.165) is 22.9 Å². The zero-order valence-corrected chi connectivity index (χ0v) is 18.3. The molecule has 1 aromatic carbocycles. The summed E-state index contributed by atoms with van der Waals surface area (Å²) in [7, 11) is -2.18. The number of likely N-dealkylation sites (N-methyl/N-ethyl adjacent to an activating group) is 1. The highest BCUT2D eigenvalue weighted by Crippen LogP contribution is 2.29. The van der Waals surface area contributed by atoms with E-state index >= 15 is 0 Å². The van der Waals surface area contributed by atoms with E-state index in [-0.39, 0.29) is 22.9 Å². The largest absolute Gasteiger partial charge is 0.318 e. The Morgan fingerprint density at radius 3 is 2.57 bits per heavy atom. The predicted octanol–water partition coefficient (Wildman–Crippen LogP) is 2.95. The molecule has 2 unspecified atom stereocenters. The Hall–Kier alpha value is -1.01. The Labute approximate surface area is 178 Å². The Kier molecular flexibility index (Phi) is 9.35. The summed E-state index contributed by atoms with van der Waals surface area (Å²) in [6.07, 6.45) is -0.0837. The molecule has 0 bridgehead atoms. The second kappa shape index (κ2) is 11.2. The minimum absolute atomic E-state index is 0.0128. The summed E-state index contributed by atoms with van der Waals surface area (Å²) in [6.45, 7) is 1.36. The van der Waals surface area contributed by atoms with Crippen molar-refractivity contribution in [2.24, 2.45) is 0 Å². The van der Waals surface area contributed by atoms with Crippen LogP contribution in [0, 0.1) is 0 Å². The van der Waals surface area contributed by atoms with Gasteiger partial charge in [-0.15, -0.1) is 16.4 Å². The fourth-order valence-electron chi connectivity index (χ4n) is 2.22. The first-order chi connectivity index (χ1) is 13.3. The van der Waals surface area contributed by atoms with Crippen LogP contribution in [0.1, 0.15) is 12.8 Å². The van der Waals surface area contributed by atoms with Crippen LogP contribution in [0.5, 0.6) is 0 Å². The van der Waals surface area contributed by atoms with Crippen molar-refractivity contribution < 1.29 is 12.8 Å². The van der Waals surface area contributed by atoms with Gasteiger partial charge in [-0.3, -0.25) is 0 Å². The highest BCUT2D eigenvalue weighted by atomic mass is 35.5. The number of halogens is 3. The van der Waals surface area contributed by atoms with E-state index in [9.17, 15) is 12.8 Å². The van der Waals surface area contributed by atoms with Crippen LogP contribution in [0.2, 0.25) is 4.34 Å². The molecule has 0 aliphatic heterocycles. The van der Waals surface area contributed by atoms with E-state index in [0.29, 0.717) is 10.9 Å². The first-order valence-electron chi connectivity index (χ1n) is 8.47. The zero-order valence-electron chi connectivity index (χ0n) is 15.1. The molecule has 0 amide bonds. The average Bonchev–Trinajstić information content (AvgIpc) is 3.11. The Balaban J connectivity index is 2.09. The van der Waals surface area contributed by atoms with Gasteiger partial charge in [0.2, 0.25) is 5.13 Å². The van der Waals surface area contributed by atoms with E-state index in [1.54, 1.807) is 18.2 Å². The molecule has 7 nitrogen and oxygen atoms in total. The molecule has 1 heterocycles. The van der Waals surface area contributed by atoms with Gasteiger partial charge in [-0.05, 0) is 25.6 Å². The van der Waals surface area contributed by atoms with Gasteiger partial charge in [0.05, 0.1) is 16.6 Å². The first-order valence-corrected chi connectivity index (χ1v) is 11.6. The van der Waals surface area contributed by atoms with Crippen LogP contribution in [0.15, 0.2) is 41.4 Å². The highest BCUT2D eigenvalue weighted by molar-refractivity contribution is 7.89. The topological polar surface area (TPSA) is 86.4 Å². The number of hydrogen-bond acceptors (Lipinski definition) is 7. The van der Waals surface area contributed by atoms with Gasteiger partial charge >= 0.3 is 0 Å². The third kappa shape index (κ3) is 7.11. The Morgan fingerprint density at radius 2 is 1.96 bits per heavy atom. The number of hydrazine groups is 1. The second-order valence-electron chi connectivity index (χ2n) is 5.76. The summed E-state index contributed by atoms with van der Waals surface area (Å²) in [5.74, 6) is 0. The zero-order chi connectivity index (χ0) is 20.6. The average molecular weight is 470 g/mol. The van der Waals surface area contributed by atoms with Gasteiger partial charge in [0.25, 0.3) is 10.0 Å². The summed E-state index contributed by atoms with van der Waals surface area (Å²) in [4.78, 5) is 6.27. The molecule has 2 atom stereocenters. The molecule has 0 radical (unpaired) electrons. The molecule has 0 aliphatic carbocycles. The van der Waals surface area contributed by atoms with E-state index in [1.807, 2.05) is 7.05 Å². The third-order valence-electron chi connectivity index (χ3n) is 3.62. The number of thiazole rings is 1. The van der Waals surface area contributed by atoms with Gasteiger partial charge < -0.3 is 10.6 Å². The lowest BCUT2D eigenvalue weighted by Crippen LogP contribution is -2.47. The normalized spacial score (nSPS) is 14.0. The summed E-state index contributed by atoms with van der Waals surface area (Å²) < 4.78 is 40.5. The lowest BCUT2D eigenvalue weighted by atomic mass is 10.3. The first kappa shape index (κ1) is 23.3. The van der Waals surface area contributed by atoms with Crippen molar-refractivity contribution in [2.75, 3.05) is 25.1 Å². The molecule has 2 rings (SSSR count). The number of hydrogen-bond donors (Lipinski definition) is 3. The molecule has 28 heavy (non-hydrogen) atoms. The van der Waals surface area contributed by atoms with Gasteiger partial charge in [0.15, 0.2) is 6.30 Å². The van der Waals surface area contributed by atoms with E-state index in [4.69, 9.17) is 23.2 Å². The lowest BCUT2D eigenvalue weighted by molar-refractivity contribution is 0.282. The third-order valence-corrected chi connectivity index (χ3v) is 6.44. The molecular weight excluding hydrogens is 448 g/mol. The number of nitrogens with zero attached hydrogens (tertiary/aromatic N) is 2. The molecule has 0 saturated carbocycles. The van der Waals surface area contributed by atoms with E-state index in [2.05, 4.69) is 20.4 Å². The quantitative estimate of drug-likeness (QED) is 0.191. The van der Waals surface area contributed by atoms with Crippen LogP contribution < -0.4 is 20.5 Å². The van der Waals surface area contributed by atoms with E-state index in [1.165, 1.54) is 18.3 Å². The van der Waals surface area contributed by atoms with Crippen molar-refractivity contribution in [3.63, 3.8) is 0 Å². The Morgan fingerprint density at radius 1 is 1.25 bits per heavy atom. The molecule has 1 aromatic heterocycles. The number of aromatic nitrogens is 1. The smallest absolute Gasteiger partial charge is 0.257 e. The lowest BCUT2D eigenvalue weighted by Gasteiger charge is -2.26. The SMILES string of the molecule is CNCCNC(Cl)CCC(F)N(NS(=O)(=O)c1ccccc1)c1ncc(Cl)s1. The highest BCUT2D eigenvalue weighted by Gasteiger charge is 2.27. The molecule has 0 spiro atoms. The van der Waals surface area contributed by atoms with Gasteiger partial charge in [0.1, 0.15) is 4.34 Å². The van der Waals surface area contributed by atoms with Crippen LogP contribution in [-0.2, 0) is 10.0 Å². The van der Waals surface area contributed by atoms with Crippen LogP contribution in [-0.4, -0.2) is 45.3 Å². The number of alkyl halides is 2. The van der Waals surface area contributed by atoms with Crippen molar-refractivity contribution >= 4 is 49.7 Å².